The minimum Gasteiger partial charge on any atom is -0.353 e. The molecule has 0 radical (unpaired) electrons. The Hall–Kier alpha value is -3.07. The molecule has 4 heterocycles. The summed E-state index contributed by atoms with van der Waals surface area (Å²) in [5, 5.41) is 3.26. The van der Waals surface area contributed by atoms with E-state index in [0.717, 1.165) is 40.9 Å². The second kappa shape index (κ2) is 8.12. The first-order valence-electron chi connectivity index (χ1n) is 9.49. The normalized spacial score (nSPS) is 14.2. The maximum absolute atomic E-state index is 12.7. The Labute approximate surface area is 173 Å². The summed E-state index contributed by atoms with van der Waals surface area (Å²) in [6.45, 7) is 8.54. The van der Waals surface area contributed by atoms with Gasteiger partial charge in [0.1, 0.15) is 28.2 Å². The largest absolute Gasteiger partial charge is 0.353 e. The van der Waals surface area contributed by atoms with Gasteiger partial charge < -0.3 is 15.1 Å². The maximum atomic E-state index is 12.7. The monoisotopic (exact) mass is 409 g/mol. The van der Waals surface area contributed by atoms with Crippen molar-refractivity contribution in [1.82, 2.24) is 24.8 Å². The maximum Gasteiger partial charge on any atom is 0.265 e. The highest BCUT2D eigenvalue weighted by Crippen LogP contribution is 2.22. The summed E-state index contributed by atoms with van der Waals surface area (Å²) in [6.07, 6.45) is 1.77. The number of nitrogens with zero attached hydrogens (tertiary/aromatic N) is 6. The summed E-state index contributed by atoms with van der Waals surface area (Å²) in [6, 6.07) is 5.86. The molecule has 8 nitrogen and oxygen atoms in total. The Morgan fingerprint density at radius 2 is 1.83 bits per heavy atom. The number of carbonyl (C=O) groups excluding carboxylic acids is 1. The first-order valence-corrected chi connectivity index (χ1v) is 10.4. The first-order chi connectivity index (χ1) is 14.0. The topological polar surface area (TPSA) is 87.1 Å². The molecule has 29 heavy (non-hydrogen) atoms. The fourth-order valence-corrected chi connectivity index (χ4v) is 4.07. The van der Waals surface area contributed by atoms with Crippen molar-refractivity contribution in [3.05, 3.63) is 51.9 Å². The molecule has 0 bridgehead atoms. The van der Waals surface area contributed by atoms with Crippen molar-refractivity contribution in [3.8, 4) is 0 Å². The lowest BCUT2D eigenvalue weighted by Crippen LogP contribution is -2.49. The zero-order valence-corrected chi connectivity index (χ0v) is 17.5. The molecular formula is C20H23N7OS. The molecule has 1 aliphatic rings. The Morgan fingerprint density at radius 3 is 2.52 bits per heavy atom. The van der Waals surface area contributed by atoms with E-state index in [2.05, 4.69) is 30.2 Å². The lowest BCUT2D eigenvalue weighted by molar-refractivity contribution is 0.0750. The molecule has 150 valence electrons. The summed E-state index contributed by atoms with van der Waals surface area (Å²) >= 11 is 1.40. The van der Waals surface area contributed by atoms with E-state index in [1.54, 1.807) is 11.7 Å². The van der Waals surface area contributed by atoms with Gasteiger partial charge in [-0.05, 0) is 38.5 Å². The molecule has 0 spiro atoms. The predicted octanol–water partition coefficient (Wildman–Crippen LogP) is 2.96. The Morgan fingerprint density at radius 1 is 1.03 bits per heavy atom. The number of aromatic nitrogens is 4. The summed E-state index contributed by atoms with van der Waals surface area (Å²) in [4.78, 5) is 35.1. The van der Waals surface area contributed by atoms with Crippen LogP contribution in [0.2, 0.25) is 0 Å². The summed E-state index contributed by atoms with van der Waals surface area (Å²) in [7, 11) is 0. The summed E-state index contributed by atoms with van der Waals surface area (Å²) in [5.41, 5.74) is 3.65. The minimum atomic E-state index is 0.0661. The minimum absolute atomic E-state index is 0.0661. The smallest absolute Gasteiger partial charge is 0.265 e. The van der Waals surface area contributed by atoms with Gasteiger partial charge in [0.25, 0.3) is 5.91 Å². The number of piperazine rings is 1. The van der Waals surface area contributed by atoms with Crippen molar-refractivity contribution in [1.29, 1.82) is 0 Å². The number of hydrogen-bond donors (Lipinski definition) is 1. The standard InChI is InChI=1S/C20H23N7OS/c1-13-4-5-21-16(10-13)25-17-11-18(24-15(3)23-17)26-6-8-27(9-7-26)20(28)19-14(2)22-12-29-19/h4-5,10-12H,6-9H2,1-3H3,(H,21,23,24,25). The number of anilines is 3. The number of pyridine rings is 1. The Bertz CT molecular complexity index is 1030. The third-order valence-corrected chi connectivity index (χ3v) is 5.74. The molecule has 1 N–H and O–H groups in total. The van der Waals surface area contributed by atoms with Crippen LogP contribution in [0.5, 0.6) is 0 Å². The van der Waals surface area contributed by atoms with E-state index in [4.69, 9.17) is 0 Å². The molecule has 1 saturated heterocycles. The molecule has 1 fully saturated rings. The Kier molecular flexibility index (Phi) is 5.39. The van der Waals surface area contributed by atoms with Crippen molar-refractivity contribution in [3.63, 3.8) is 0 Å². The van der Waals surface area contributed by atoms with Gasteiger partial charge in [0.2, 0.25) is 0 Å². The van der Waals surface area contributed by atoms with Gasteiger partial charge in [-0.15, -0.1) is 11.3 Å². The highest BCUT2D eigenvalue weighted by Gasteiger charge is 2.25. The number of amides is 1. The van der Waals surface area contributed by atoms with Crippen molar-refractivity contribution >= 4 is 34.7 Å². The van der Waals surface area contributed by atoms with Crippen LogP contribution in [-0.4, -0.2) is 56.9 Å². The molecule has 4 rings (SSSR count). The third-order valence-electron chi connectivity index (χ3n) is 4.83. The van der Waals surface area contributed by atoms with E-state index < -0.39 is 0 Å². The molecule has 1 aliphatic heterocycles. The van der Waals surface area contributed by atoms with Gasteiger partial charge in [-0.1, -0.05) is 0 Å². The molecular weight excluding hydrogens is 386 g/mol. The SMILES string of the molecule is Cc1ccnc(Nc2cc(N3CCN(C(=O)c4scnc4C)CC3)nc(C)n2)c1. The average molecular weight is 410 g/mol. The molecule has 0 atom stereocenters. The highest BCUT2D eigenvalue weighted by atomic mass is 32.1. The van der Waals surface area contributed by atoms with Gasteiger partial charge >= 0.3 is 0 Å². The lowest BCUT2D eigenvalue weighted by Gasteiger charge is -2.35. The Balaban J connectivity index is 1.45. The summed E-state index contributed by atoms with van der Waals surface area (Å²) < 4.78 is 0. The van der Waals surface area contributed by atoms with Crippen LogP contribution in [0.15, 0.2) is 29.9 Å². The number of carbonyl (C=O) groups is 1. The quantitative estimate of drug-likeness (QED) is 0.709. The van der Waals surface area contributed by atoms with Crippen molar-refractivity contribution in [2.75, 3.05) is 36.4 Å². The van der Waals surface area contributed by atoms with Crippen LogP contribution >= 0.6 is 11.3 Å². The van der Waals surface area contributed by atoms with Gasteiger partial charge in [0.15, 0.2) is 0 Å². The summed E-state index contributed by atoms with van der Waals surface area (Å²) in [5.74, 6) is 3.08. The van der Waals surface area contributed by atoms with E-state index in [0.29, 0.717) is 24.7 Å². The zero-order valence-electron chi connectivity index (χ0n) is 16.7. The number of nitrogens with one attached hydrogen (secondary N) is 1. The second-order valence-corrected chi connectivity index (χ2v) is 7.90. The van der Waals surface area contributed by atoms with Crippen LogP contribution in [0.25, 0.3) is 0 Å². The van der Waals surface area contributed by atoms with Crippen molar-refractivity contribution in [2.24, 2.45) is 0 Å². The molecule has 3 aromatic heterocycles. The van der Waals surface area contributed by atoms with Gasteiger partial charge in [-0.25, -0.2) is 19.9 Å². The van der Waals surface area contributed by atoms with E-state index in [1.807, 2.05) is 43.9 Å². The van der Waals surface area contributed by atoms with Crippen LogP contribution in [-0.2, 0) is 0 Å². The van der Waals surface area contributed by atoms with Gasteiger partial charge in [0, 0.05) is 38.4 Å². The van der Waals surface area contributed by atoms with E-state index >= 15 is 0 Å². The fraction of sp³-hybridized carbons (Fsp3) is 0.350. The van der Waals surface area contributed by atoms with Gasteiger partial charge in [0.05, 0.1) is 11.2 Å². The zero-order chi connectivity index (χ0) is 20.4. The number of aryl methyl sites for hydroxylation is 3. The lowest BCUT2D eigenvalue weighted by atomic mass is 10.2. The van der Waals surface area contributed by atoms with E-state index in [1.165, 1.54) is 11.3 Å². The van der Waals surface area contributed by atoms with Crippen LogP contribution in [0.1, 0.15) is 26.8 Å². The van der Waals surface area contributed by atoms with E-state index in [-0.39, 0.29) is 5.91 Å². The number of rotatable bonds is 4. The highest BCUT2D eigenvalue weighted by molar-refractivity contribution is 7.11. The van der Waals surface area contributed by atoms with Crippen LogP contribution in [0.3, 0.4) is 0 Å². The van der Waals surface area contributed by atoms with Crippen molar-refractivity contribution < 1.29 is 4.79 Å². The van der Waals surface area contributed by atoms with Crippen LogP contribution in [0.4, 0.5) is 17.5 Å². The van der Waals surface area contributed by atoms with Gasteiger partial charge in [-0.2, -0.15) is 0 Å². The van der Waals surface area contributed by atoms with Gasteiger partial charge in [-0.3, -0.25) is 4.79 Å². The second-order valence-electron chi connectivity index (χ2n) is 7.05. The van der Waals surface area contributed by atoms with Crippen LogP contribution in [0, 0.1) is 20.8 Å². The predicted molar refractivity (Wildman–Crippen MR) is 114 cm³/mol. The van der Waals surface area contributed by atoms with Crippen LogP contribution < -0.4 is 10.2 Å². The number of thiazole rings is 1. The molecule has 3 aromatic rings. The number of hydrogen-bond acceptors (Lipinski definition) is 8. The molecule has 9 heteroatoms. The van der Waals surface area contributed by atoms with Crippen molar-refractivity contribution in [2.45, 2.75) is 20.8 Å². The molecule has 1 amide bonds. The molecule has 0 aliphatic carbocycles. The molecule has 0 aromatic carbocycles. The fourth-order valence-electron chi connectivity index (χ4n) is 3.30. The van der Waals surface area contributed by atoms with E-state index in [9.17, 15) is 4.79 Å². The molecule has 0 saturated carbocycles. The first kappa shape index (κ1) is 19.3. The molecule has 0 unspecified atom stereocenters. The third kappa shape index (κ3) is 4.34. The average Bonchev–Trinajstić information content (AvgIpc) is 3.13.